The Morgan fingerprint density at radius 2 is 1.65 bits per heavy atom. The zero-order valence-electron chi connectivity index (χ0n) is 17.3. The van der Waals surface area contributed by atoms with Gasteiger partial charge in [-0.25, -0.2) is 9.97 Å². The molecule has 0 aliphatic carbocycles. The molecule has 0 saturated carbocycles. The fourth-order valence-electron chi connectivity index (χ4n) is 3.29. The minimum atomic E-state index is 0.278. The molecule has 31 heavy (non-hydrogen) atoms. The quantitative estimate of drug-likeness (QED) is 0.412. The maximum absolute atomic E-state index is 6.48. The van der Waals surface area contributed by atoms with E-state index in [-0.39, 0.29) is 5.88 Å². The first-order chi connectivity index (χ1) is 15.0. The number of aromatic nitrogens is 3. The molecule has 0 aliphatic rings. The van der Waals surface area contributed by atoms with Gasteiger partial charge in [0.25, 0.3) is 0 Å². The van der Waals surface area contributed by atoms with E-state index in [1.165, 1.54) is 6.33 Å². The molecule has 0 unspecified atom stereocenters. The second-order valence-electron chi connectivity index (χ2n) is 7.15. The van der Waals surface area contributed by atoms with Gasteiger partial charge < -0.3 is 15.4 Å². The van der Waals surface area contributed by atoms with Crippen LogP contribution in [0.4, 0.5) is 17.3 Å². The van der Waals surface area contributed by atoms with Gasteiger partial charge in [-0.1, -0.05) is 48.0 Å². The number of rotatable bonds is 6. The molecular weight excluding hydrogens is 410 g/mol. The summed E-state index contributed by atoms with van der Waals surface area (Å²) < 4.78 is 6.02. The Balaban J connectivity index is 1.73. The van der Waals surface area contributed by atoms with Gasteiger partial charge in [0.15, 0.2) is 5.82 Å². The number of nitrogens with two attached hydrogens (primary N) is 1. The number of nitrogen functional groups attached to an aromatic ring is 1. The maximum Gasteiger partial charge on any atom is 0.248 e. The maximum atomic E-state index is 6.48. The second kappa shape index (κ2) is 9.02. The summed E-state index contributed by atoms with van der Waals surface area (Å²) in [4.78, 5) is 15.1. The molecule has 4 aromatic rings. The number of halogens is 1. The molecular formula is C24H22ClN5O. The number of benzene rings is 2. The van der Waals surface area contributed by atoms with Crippen molar-refractivity contribution in [2.75, 3.05) is 10.6 Å². The molecule has 2 aromatic heterocycles. The van der Waals surface area contributed by atoms with Crippen LogP contribution in [-0.4, -0.2) is 15.0 Å². The summed E-state index contributed by atoms with van der Waals surface area (Å²) in [5, 5.41) is 0.716. The highest BCUT2D eigenvalue weighted by atomic mass is 35.5. The van der Waals surface area contributed by atoms with Crippen LogP contribution in [-0.2, 0) is 6.54 Å². The molecule has 156 valence electrons. The van der Waals surface area contributed by atoms with Gasteiger partial charge in [-0.3, -0.25) is 0 Å². The molecule has 7 heteroatoms. The molecule has 6 nitrogen and oxygen atoms in total. The van der Waals surface area contributed by atoms with Crippen LogP contribution in [0.15, 0.2) is 73.2 Å². The minimum Gasteiger partial charge on any atom is -0.437 e. The Bertz CT molecular complexity index is 1160. The molecule has 0 radical (unpaired) electrons. The summed E-state index contributed by atoms with van der Waals surface area (Å²) in [5.41, 5.74) is 9.75. The number of aryl methyl sites for hydroxylation is 2. The smallest absolute Gasteiger partial charge is 0.248 e. The molecule has 2 heterocycles. The van der Waals surface area contributed by atoms with E-state index in [0.29, 0.717) is 28.8 Å². The van der Waals surface area contributed by atoms with Crippen LogP contribution in [0.25, 0.3) is 0 Å². The molecule has 0 fully saturated rings. The van der Waals surface area contributed by atoms with Gasteiger partial charge in [0, 0.05) is 11.2 Å². The van der Waals surface area contributed by atoms with Crippen molar-refractivity contribution < 1.29 is 4.74 Å². The Morgan fingerprint density at radius 1 is 0.935 bits per heavy atom. The lowest BCUT2D eigenvalue weighted by Gasteiger charge is -2.24. The lowest BCUT2D eigenvalue weighted by molar-refractivity contribution is 0.463. The average Bonchev–Trinajstić information content (AvgIpc) is 2.79. The Morgan fingerprint density at radius 3 is 2.32 bits per heavy atom. The highest BCUT2D eigenvalue weighted by molar-refractivity contribution is 6.32. The van der Waals surface area contributed by atoms with Crippen LogP contribution < -0.4 is 15.4 Å². The lowest BCUT2D eigenvalue weighted by atomic mass is 10.1. The Kier molecular flexibility index (Phi) is 6.00. The Labute approximate surface area is 186 Å². The van der Waals surface area contributed by atoms with E-state index in [1.807, 2.05) is 79.4 Å². The first-order valence-corrected chi connectivity index (χ1v) is 10.2. The van der Waals surface area contributed by atoms with Crippen LogP contribution in [0, 0.1) is 13.8 Å². The molecule has 0 saturated heterocycles. The largest absolute Gasteiger partial charge is 0.437 e. The summed E-state index contributed by atoms with van der Waals surface area (Å²) in [6.45, 7) is 4.40. The van der Waals surface area contributed by atoms with Gasteiger partial charge in [0.05, 0.1) is 6.54 Å². The third-order valence-electron chi connectivity index (χ3n) is 4.82. The molecule has 2 N–H and O–H groups in total. The van der Waals surface area contributed by atoms with Crippen molar-refractivity contribution >= 4 is 28.9 Å². The van der Waals surface area contributed by atoms with Crippen LogP contribution in [0.5, 0.6) is 11.6 Å². The Hall–Kier alpha value is -3.64. The fraction of sp³-hybridized carbons (Fsp3) is 0.125. The highest BCUT2D eigenvalue weighted by Gasteiger charge is 2.20. The SMILES string of the molecule is Cc1cc(Oc2ncnc(N(Cc3ccccc3)c3ccccn3)c2N)cc(C)c1Cl. The third-order valence-corrected chi connectivity index (χ3v) is 5.41. The van der Waals surface area contributed by atoms with E-state index in [1.54, 1.807) is 6.20 Å². The van der Waals surface area contributed by atoms with Crippen LogP contribution in [0.2, 0.25) is 5.02 Å². The van der Waals surface area contributed by atoms with Crippen LogP contribution in [0.1, 0.15) is 16.7 Å². The third kappa shape index (κ3) is 4.59. The highest BCUT2D eigenvalue weighted by Crippen LogP contribution is 2.36. The first kappa shape index (κ1) is 20.6. The summed E-state index contributed by atoms with van der Waals surface area (Å²) in [6, 6.07) is 19.5. The van der Waals surface area contributed by atoms with Gasteiger partial charge in [0.1, 0.15) is 23.6 Å². The molecule has 0 spiro atoms. The van der Waals surface area contributed by atoms with Crippen molar-refractivity contribution in [2.24, 2.45) is 0 Å². The van der Waals surface area contributed by atoms with Gasteiger partial charge in [-0.15, -0.1) is 0 Å². The van der Waals surface area contributed by atoms with Crippen molar-refractivity contribution in [3.8, 4) is 11.6 Å². The zero-order chi connectivity index (χ0) is 21.8. The summed E-state index contributed by atoms with van der Waals surface area (Å²) in [6.07, 6.45) is 3.18. The van der Waals surface area contributed by atoms with E-state index in [0.717, 1.165) is 22.5 Å². The topological polar surface area (TPSA) is 77.2 Å². The average molecular weight is 432 g/mol. The van der Waals surface area contributed by atoms with Crippen molar-refractivity contribution in [1.29, 1.82) is 0 Å². The number of pyridine rings is 1. The lowest BCUT2D eigenvalue weighted by Crippen LogP contribution is -2.20. The fourth-order valence-corrected chi connectivity index (χ4v) is 3.40. The summed E-state index contributed by atoms with van der Waals surface area (Å²) in [7, 11) is 0. The van der Waals surface area contributed by atoms with Gasteiger partial charge in [0.2, 0.25) is 5.88 Å². The van der Waals surface area contributed by atoms with E-state index in [2.05, 4.69) is 15.0 Å². The van der Waals surface area contributed by atoms with E-state index >= 15 is 0 Å². The van der Waals surface area contributed by atoms with Gasteiger partial charge >= 0.3 is 0 Å². The van der Waals surface area contributed by atoms with E-state index < -0.39 is 0 Å². The van der Waals surface area contributed by atoms with Gasteiger partial charge in [-0.2, -0.15) is 4.98 Å². The monoisotopic (exact) mass is 431 g/mol. The standard InChI is InChI=1S/C24H22ClN5O/c1-16-12-19(13-17(2)21(16)25)31-24-22(26)23(28-15-29-24)30(20-10-6-7-11-27-20)14-18-8-4-3-5-9-18/h3-13,15H,14,26H2,1-2H3. The molecule has 0 amide bonds. The first-order valence-electron chi connectivity index (χ1n) is 9.80. The van der Waals surface area contributed by atoms with Crippen LogP contribution in [0.3, 0.4) is 0 Å². The van der Waals surface area contributed by atoms with Crippen molar-refractivity contribution in [3.63, 3.8) is 0 Å². The molecule has 0 aliphatic heterocycles. The van der Waals surface area contributed by atoms with E-state index in [9.17, 15) is 0 Å². The number of ether oxygens (including phenoxy) is 1. The van der Waals surface area contributed by atoms with Crippen molar-refractivity contribution in [1.82, 2.24) is 15.0 Å². The molecule has 0 bridgehead atoms. The number of anilines is 3. The van der Waals surface area contributed by atoms with Crippen LogP contribution >= 0.6 is 11.6 Å². The number of hydrogen-bond donors (Lipinski definition) is 1. The predicted octanol–water partition coefficient (Wildman–Crippen LogP) is 5.85. The molecule has 0 atom stereocenters. The second-order valence-corrected chi connectivity index (χ2v) is 7.53. The summed E-state index contributed by atoms with van der Waals surface area (Å²) in [5.74, 6) is 2.14. The van der Waals surface area contributed by atoms with Crippen molar-refractivity contribution in [2.45, 2.75) is 20.4 Å². The van der Waals surface area contributed by atoms with Crippen molar-refractivity contribution in [3.05, 3.63) is 94.9 Å². The number of nitrogens with zero attached hydrogens (tertiary/aromatic N) is 4. The predicted molar refractivity (Wildman–Crippen MR) is 124 cm³/mol. The number of hydrogen-bond acceptors (Lipinski definition) is 6. The normalized spacial score (nSPS) is 10.7. The van der Waals surface area contributed by atoms with Gasteiger partial charge in [-0.05, 0) is 54.8 Å². The molecule has 4 rings (SSSR count). The minimum absolute atomic E-state index is 0.278. The molecule has 2 aromatic carbocycles. The van der Waals surface area contributed by atoms with E-state index in [4.69, 9.17) is 22.1 Å². The summed E-state index contributed by atoms with van der Waals surface area (Å²) >= 11 is 6.28. The zero-order valence-corrected chi connectivity index (χ0v) is 18.0.